The Labute approximate surface area is 194 Å². The number of benzene rings is 1. The molecule has 1 fully saturated rings. The van der Waals surface area contributed by atoms with Crippen LogP contribution in [0.15, 0.2) is 71.5 Å². The zero-order chi connectivity index (χ0) is 22.0. The highest BCUT2D eigenvalue weighted by atomic mass is 32.1. The molecule has 6 rings (SSSR count). The Kier molecular flexibility index (Phi) is 5.17. The quantitative estimate of drug-likeness (QED) is 0.315. The van der Waals surface area contributed by atoms with Crippen LogP contribution in [-0.2, 0) is 4.74 Å². The van der Waals surface area contributed by atoms with Crippen molar-refractivity contribution in [1.29, 1.82) is 0 Å². The van der Waals surface area contributed by atoms with Crippen molar-refractivity contribution in [3.63, 3.8) is 0 Å². The SMILES string of the molecule is C(=N/Nc1cc(N2CCOCC2)c2nc(-c3ccncc3)cn2n1)/c1csc2ccccc12. The first-order valence-electron chi connectivity index (χ1n) is 10.7. The number of morpholine rings is 1. The van der Waals surface area contributed by atoms with Gasteiger partial charge in [-0.2, -0.15) is 5.10 Å². The van der Waals surface area contributed by atoms with Gasteiger partial charge in [-0.05, 0) is 18.2 Å². The van der Waals surface area contributed by atoms with Crippen LogP contribution in [0.1, 0.15) is 5.56 Å². The third kappa shape index (κ3) is 3.92. The highest BCUT2D eigenvalue weighted by Crippen LogP contribution is 2.28. The third-order valence-electron chi connectivity index (χ3n) is 5.63. The average Bonchev–Trinajstić information content (AvgIpc) is 3.49. The van der Waals surface area contributed by atoms with E-state index in [9.17, 15) is 0 Å². The zero-order valence-corrected chi connectivity index (χ0v) is 18.6. The second-order valence-corrected chi connectivity index (χ2v) is 8.61. The Hall–Kier alpha value is -3.82. The molecule has 1 aromatic carbocycles. The number of pyridine rings is 1. The van der Waals surface area contributed by atoms with Crippen molar-refractivity contribution in [2.24, 2.45) is 5.10 Å². The monoisotopic (exact) mass is 455 g/mol. The van der Waals surface area contributed by atoms with Crippen molar-refractivity contribution in [3.8, 4) is 11.3 Å². The van der Waals surface area contributed by atoms with Gasteiger partial charge in [0.2, 0.25) is 0 Å². The number of hydrazone groups is 1. The molecule has 1 N–H and O–H groups in total. The number of rotatable bonds is 5. The van der Waals surface area contributed by atoms with E-state index in [4.69, 9.17) is 14.8 Å². The van der Waals surface area contributed by atoms with Crippen molar-refractivity contribution in [2.45, 2.75) is 0 Å². The number of nitrogens with one attached hydrogen (secondary N) is 1. The van der Waals surface area contributed by atoms with E-state index < -0.39 is 0 Å². The second kappa shape index (κ2) is 8.61. The summed E-state index contributed by atoms with van der Waals surface area (Å²) in [5, 5.41) is 12.5. The molecule has 1 aliphatic rings. The van der Waals surface area contributed by atoms with Crippen LogP contribution in [0.5, 0.6) is 0 Å². The molecular weight excluding hydrogens is 434 g/mol. The second-order valence-electron chi connectivity index (χ2n) is 7.70. The topological polar surface area (TPSA) is 79.9 Å². The molecule has 0 amide bonds. The highest BCUT2D eigenvalue weighted by Gasteiger charge is 2.18. The van der Waals surface area contributed by atoms with Crippen molar-refractivity contribution in [2.75, 3.05) is 36.6 Å². The molecule has 1 aliphatic heterocycles. The van der Waals surface area contributed by atoms with Gasteiger partial charge < -0.3 is 9.64 Å². The van der Waals surface area contributed by atoms with E-state index in [0.29, 0.717) is 19.0 Å². The fourth-order valence-corrected chi connectivity index (χ4v) is 4.89. The van der Waals surface area contributed by atoms with Crippen LogP contribution in [0.3, 0.4) is 0 Å². The van der Waals surface area contributed by atoms with Crippen LogP contribution < -0.4 is 10.3 Å². The fourth-order valence-electron chi connectivity index (χ4n) is 3.98. The minimum Gasteiger partial charge on any atom is -0.378 e. The molecule has 33 heavy (non-hydrogen) atoms. The normalized spacial score (nSPS) is 14.5. The molecule has 0 unspecified atom stereocenters. The van der Waals surface area contributed by atoms with E-state index in [-0.39, 0.29) is 0 Å². The number of ether oxygens (including phenoxy) is 1. The Bertz CT molecular complexity index is 1440. The van der Waals surface area contributed by atoms with Crippen LogP contribution in [0, 0.1) is 0 Å². The average molecular weight is 456 g/mol. The number of hydrogen-bond acceptors (Lipinski definition) is 8. The van der Waals surface area contributed by atoms with Crippen LogP contribution in [0.25, 0.3) is 27.0 Å². The first kappa shape index (κ1) is 19.8. The number of thiophene rings is 1. The molecule has 0 spiro atoms. The lowest BCUT2D eigenvalue weighted by molar-refractivity contribution is 0.123. The molecule has 5 aromatic rings. The lowest BCUT2D eigenvalue weighted by Crippen LogP contribution is -2.36. The van der Waals surface area contributed by atoms with Crippen LogP contribution in [0.2, 0.25) is 0 Å². The van der Waals surface area contributed by atoms with Crippen molar-refractivity contribution in [3.05, 3.63) is 72.0 Å². The van der Waals surface area contributed by atoms with E-state index in [1.54, 1.807) is 23.7 Å². The minimum atomic E-state index is 0.651. The summed E-state index contributed by atoms with van der Waals surface area (Å²) in [4.78, 5) is 11.3. The van der Waals surface area contributed by atoms with Gasteiger partial charge in [-0.15, -0.1) is 16.4 Å². The molecule has 0 atom stereocenters. The number of nitrogens with zero attached hydrogens (tertiary/aromatic N) is 6. The molecular formula is C24H21N7OS. The first-order valence-corrected chi connectivity index (χ1v) is 11.6. The maximum absolute atomic E-state index is 5.55. The molecule has 164 valence electrons. The molecule has 1 saturated heterocycles. The van der Waals surface area contributed by atoms with Gasteiger partial charge in [0.25, 0.3) is 0 Å². The van der Waals surface area contributed by atoms with E-state index >= 15 is 0 Å². The minimum absolute atomic E-state index is 0.651. The summed E-state index contributed by atoms with van der Waals surface area (Å²) in [6, 6.07) is 14.2. The lowest BCUT2D eigenvalue weighted by Gasteiger charge is -2.29. The van der Waals surface area contributed by atoms with Crippen LogP contribution in [0.4, 0.5) is 11.5 Å². The van der Waals surface area contributed by atoms with Gasteiger partial charge in [-0.3, -0.25) is 10.4 Å². The molecule has 8 nitrogen and oxygen atoms in total. The molecule has 0 aliphatic carbocycles. The summed E-state index contributed by atoms with van der Waals surface area (Å²) >= 11 is 1.71. The largest absolute Gasteiger partial charge is 0.378 e. The van der Waals surface area contributed by atoms with Gasteiger partial charge in [0.05, 0.1) is 37.0 Å². The van der Waals surface area contributed by atoms with E-state index in [1.807, 2.05) is 41.2 Å². The summed E-state index contributed by atoms with van der Waals surface area (Å²) in [7, 11) is 0. The van der Waals surface area contributed by atoms with Crippen molar-refractivity contribution >= 4 is 44.8 Å². The predicted molar refractivity (Wildman–Crippen MR) is 132 cm³/mol. The van der Waals surface area contributed by atoms with Gasteiger partial charge in [0, 0.05) is 58.1 Å². The highest BCUT2D eigenvalue weighted by molar-refractivity contribution is 7.17. The molecule has 0 bridgehead atoms. The Morgan fingerprint density at radius 1 is 1.09 bits per heavy atom. The molecule has 5 heterocycles. The molecule has 9 heteroatoms. The van der Waals surface area contributed by atoms with E-state index in [0.717, 1.165) is 41.2 Å². The van der Waals surface area contributed by atoms with Crippen LogP contribution in [-0.4, -0.2) is 52.1 Å². The smallest absolute Gasteiger partial charge is 0.177 e. The summed E-state index contributed by atoms with van der Waals surface area (Å²) in [6.45, 7) is 3.00. The zero-order valence-electron chi connectivity index (χ0n) is 17.8. The number of hydrogen-bond donors (Lipinski definition) is 1. The number of anilines is 2. The van der Waals surface area contributed by atoms with Gasteiger partial charge >= 0.3 is 0 Å². The number of aromatic nitrogens is 4. The van der Waals surface area contributed by atoms with Crippen molar-refractivity contribution < 1.29 is 4.74 Å². The first-order chi connectivity index (χ1) is 16.3. The van der Waals surface area contributed by atoms with Crippen molar-refractivity contribution in [1.82, 2.24) is 19.6 Å². The summed E-state index contributed by atoms with van der Waals surface area (Å²) in [5.41, 5.74) is 7.86. The summed E-state index contributed by atoms with van der Waals surface area (Å²) in [6.07, 6.45) is 7.32. The van der Waals surface area contributed by atoms with E-state index in [2.05, 4.69) is 44.0 Å². The van der Waals surface area contributed by atoms with Gasteiger partial charge in [-0.1, -0.05) is 18.2 Å². The fraction of sp³-hybridized carbons (Fsp3) is 0.167. The summed E-state index contributed by atoms with van der Waals surface area (Å²) in [5.74, 6) is 0.651. The number of imidazole rings is 1. The number of fused-ring (bicyclic) bond motifs is 2. The van der Waals surface area contributed by atoms with Gasteiger partial charge in [-0.25, -0.2) is 9.50 Å². The predicted octanol–water partition coefficient (Wildman–Crippen LogP) is 4.29. The molecule has 4 aromatic heterocycles. The van der Waals surface area contributed by atoms with E-state index in [1.165, 1.54) is 10.1 Å². The summed E-state index contributed by atoms with van der Waals surface area (Å²) < 4.78 is 8.61. The lowest BCUT2D eigenvalue weighted by atomic mass is 10.2. The van der Waals surface area contributed by atoms with Crippen LogP contribution >= 0.6 is 11.3 Å². The Morgan fingerprint density at radius 2 is 1.94 bits per heavy atom. The Balaban J connectivity index is 1.36. The third-order valence-corrected chi connectivity index (χ3v) is 6.61. The molecule has 0 radical (unpaired) electrons. The maximum atomic E-state index is 5.55. The maximum Gasteiger partial charge on any atom is 0.177 e. The van der Waals surface area contributed by atoms with Gasteiger partial charge in [0.1, 0.15) is 0 Å². The van der Waals surface area contributed by atoms with Gasteiger partial charge in [0.15, 0.2) is 11.5 Å². The Morgan fingerprint density at radius 3 is 2.82 bits per heavy atom. The molecule has 0 saturated carbocycles. The standard InChI is InChI=1S/C24H21N7OS/c1-2-4-22-19(3-1)18(16-33-22)14-26-28-23-13-21(30-9-11-32-12-10-30)24-27-20(15-31(24)29-23)17-5-7-25-8-6-17/h1-8,13-16H,9-12H2,(H,28,29)/b26-14-.